The molecule has 4 heterocycles. The number of furan rings is 1. The van der Waals surface area contributed by atoms with Crippen molar-refractivity contribution in [2.24, 2.45) is 5.92 Å². The Morgan fingerprint density at radius 2 is 1.58 bits per heavy atom. The Morgan fingerprint density at radius 1 is 0.935 bits per heavy atom. The number of hydrogen-bond donors (Lipinski definition) is 0. The Kier molecular flexibility index (Phi) is 7.67. The lowest BCUT2D eigenvalue weighted by Crippen LogP contribution is -2.56. The maximum Gasteiger partial charge on any atom is 0.289 e. The second-order valence-corrected chi connectivity index (χ2v) is 9.46. The second kappa shape index (κ2) is 10.6. The van der Waals surface area contributed by atoms with Crippen molar-refractivity contribution in [3.8, 4) is 0 Å². The molecule has 3 saturated heterocycles. The minimum Gasteiger partial charge on any atom is -0.459 e. The fraction of sp³-hybridized carbons (Fsp3) is 0.750. The molecule has 0 aliphatic carbocycles. The summed E-state index contributed by atoms with van der Waals surface area (Å²) in [6, 6.07) is 3.34. The molecule has 7 heteroatoms. The molecular weight excluding hydrogens is 392 g/mol. The quantitative estimate of drug-likeness (QED) is 0.719. The summed E-state index contributed by atoms with van der Waals surface area (Å²) in [5, 5.41) is 0. The number of rotatable bonds is 5. The van der Waals surface area contributed by atoms with Crippen LogP contribution in [-0.2, 0) is 4.79 Å². The van der Waals surface area contributed by atoms with Gasteiger partial charge < -0.3 is 19.1 Å². The second-order valence-electron chi connectivity index (χ2n) is 9.46. The molecule has 0 aromatic carbocycles. The minimum atomic E-state index is -0.0865. The van der Waals surface area contributed by atoms with Crippen LogP contribution in [0.1, 0.15) is 56.0 Å². The maximum absolute atomic E-state index is 13.1. The average Bonchev–Trinajstić information content (AvgIpc) is 3.23. The zero-order valence-corrected chi connectivity index (χ0v) is 19.0. The lowest BCUT2D eigenvalue weighted by Gasteiger charge is -2.40. The zero-order valence-electron chi connectivity index (χ0n) is 19.0. The van der Waals surface area contributed by atoms with Gasteiger partial charge in [0.05, 0.1) is 12.3 Å². The van der Waals surface area contributed by atoms with Gasteiger partial charge in [0, 0.05) is 32.7 Å². The normalized spacial score (nSPS) is 23.5. The largest absolute Gasteiger partial charge is 0.459 e. The SMILES string of the molecule is CC(C(=O)N1CCN(C(=O)c2ccco2)CC1)N1CCC(CN2CCCCCC2)CC1. The van der Waals surface area contributed by atoms with Gasteiger partial charge in [0.2, 0.25) is 5.91 Å². The van der Waals surface area contributed by atoms with Crippen molar-refractivity contribution >= 4 is 11.8 Å². The van der Waals surface area contributed by atoms with E-state index in [4.69, 9.17) is 4.42 Å². The molecule has 2 amide bonds. The summed E-state index contributed by atoms with van der Waals surface area (Å²) in [5.74, 6) is 1.26. The van der Waals surface area contributed by atoms with Crippen molar-refractivity contribution in [3.05, 3.63) is 24.2 Å². The maximum atomic E-state index is 13.1. The fourth-order valence-corrected chi connectivity index (χ4v) is 5.31. The van der Waals surface area contributed by atoms with E-state index < -0.39 is 0 Å². The number of likely N-dealkylation sites (tertiary alicyclic amines) is 2. The third kappa shape index (κ3) is 5.69. The molecule has 1 unspecified atom stereocenters. The highest BCUT2D eigenvalue weighted by Gasteiger charge is 2.32. The molecule has 0 N–H and O–H groups in total. The molecule has 1 atom stereocenters. The van der Waals surface area contributed by atoms with Crippen LogP contribution in [0.3, 0.4) is 0 Å². The summed E-state index contributed by atoms with van der Waals surface area (Å²) < 4.78 is 5.22. The predicted molar refractivity (Wildman–Crippen MR) is 120 cm³/mol. The monoisotopic (exact) mass is 430 g/mol. The Balaban J connectivity index is 1.20. The van der Waals surface area contributed by atoms with E-state index in [1.807, 2.05) is 4.90 Å². The van der Waals surface area contributed by atoms with E-state index in [0.717, 1.165) is 19.0 Å². The van der Waals surface area contributed by atoms with Crippen molar-refractivity contribution in [2.45, 2.75) is 51.5 Å². The highest BCUT2D eigenvalue weighted by Crippen LogP contribution is 2.22. The molecule has 1 aromatic heterocycles. The highest BCUT2D eigenvalue weighted by molar-refractivity contribution is 5.91. The third-order valence-corrected chi connectivity index (χ3v) is 7.38. The summed E-state index contributed by atoms with van der Waals surface area (Å²) >= 11 is 0. The van der Waals surface area contributed by atoms with Gasteiger partial charge in [-0.3, -0.25) is 14.5 Å². The van der Waals surface area contributed by atoms with Gasteiger partial charge in [0.1, 0.15) is 0 Å². The fourth-order valence-electron chi connectivity index (χ4n) is 5.31. The van der Waals surface area contributed by atoms with Gasteiger partial charge in [0.25, 0.3) is 5.91 Å². The Morgan fingerprint density at radius 3 is 2.19 bits per heavy atom. The van der Waals surface area contributed by atoms with Crippen molar-refractivity contribution < 1.29 is 14.0 Å². The highest BCUT2D eigenvalue weighted by atomic mass is 16.3. The summed E-state index contributed by atoms with van der Waals surface area (Å²) in [6.45, 7) is 10.2. The Labute approximate surface area is 186 Å². The Hall–Kier alpha value is -1.86. The first-order valence-electron chi connectivity index (χ1n) is 12.2. The van der Waals surface area contributed by atoms with E-state index in [1.165, 1.54) is 64.4 Å². The average molecular weight is 431 g/mol. The predicted octanol–water partition coefficient (Wildman–Crippen LogP) is 2.54. The number of nitrogens with zero attached hydrogens (tertiary/aromatic N) is 4. The first kappa shape index (κ1) is 22.3. The number of carbonyl (C=O) groups excluding carboxylic acids is 2. The van der Waals surface area contributed by atoms with Crippen LogP contribution in [0.15, 0.2) is 22.8 Å². The third-order valence-electron chi connectivity index (χ3n) is 7.38. The van der Waals surface area contributed by atoms with Gasteiger partial charge in [-0.2, -0.15) is 0 Å². The van der Waals surface area contributed by atoms with Crippen LogP contribution >= 0.6 is 0 Å². The van der Waals surface area contributed by atoms with E-state index in [1.54, 1.807) is 17.0 Å². The van der Waals surface area contributed by atoms with Crippen LogP contribution < -0.4 is 0 Å². The standard InChI is InChI=1S/C24H38N4O3/c1-20(26-12-8-21(9-13-26)19-25-10-4-2-3-5-11-25)23(29)27-14-16-28(17-15-27)24(30)22-7-6-18-31-22/h6-7,18,20-21H,2-5,8-17,19H2,1H3. The van der Waals surface area contributed by atoms with Gasteiger partial charge in [-0.15, -0.1) is 0 Å². The molecule has 0 radical (unpaired) electrons. The molecule has 7 nitrogen and oxygen atoms in total. The first-order chi connectivity index (χ1) is 15.1. The molecule has 3 aliphatic heterocycles. The van der Waals surface area contributed by atoms with Crippen molar-refractivity contribution in [3.63, 3.8) is 0 Å². The molecule has 3 aliphatic rings. The topological polar surface area (TPSA) is 60.2 Å². The molecule has 1 aromatic rings. The number of piperazine rings is 1. The lowest BCUT2D eigenvalue weighted by atomic mass is 9.95. The summed E-state index contributed by atoms with van der Waals surface area (Å²) in [5.41, 5.74) is 0. The van der Waals surface area contributed by atoms with E-state index in [-0.39, 0.29) is 17.9 Å². The minimum absolute atomic E-state index is 0.0774. The Bertz CT molecular complexity index is 698. The van der Waals surface area contributed by atoms with Crippen molar-refractivity contribution in [1.82, 2.24) is 19.6 Å². The van der Waals surface area contributed by atoms with E-state index in [9.17, 15) is 9.59 Å². The van der Waals surface area contributed by atoms with E-state index in [2.05, 4.69) is 16.7 Å². The molecule has 4 rings (SSSR count). The van der Waals surface area contributed by atoms with Crippen LogP contribution in [0.25, 0.3) is 0 Å². The van der Waals surface area contributed by atoms with Gasteiger partial charge >= 0.3 is 0 Å². The number of carbonyl (C=O) groups is 2. The molecule has 3 fully saturated rings. The molecule has 0 saturated carbocycles. The number of piperidine rings is 1. The van der Waals surface area contributed by atoms with Crippen LogP contribution in [-0.4, -0.2) is 96.4 Å². The van der Waals surface area contributed by atoms with E-state index in [0.29, 0.717) is 31.9 Å². The summed E-state index contributed by atoms with van der Waals surface area (Å²) in [4.78, 5) is 34.3. The summed E-state index contributed by atoms with van der Waals surface area (Å²) in [7, 11) is 0. The number of hydrogen-bond acceptors (Lipinski definition) is 5. The molecular formula is C24H38N4O3. The molecule has 0 spiro atoms. The molecule has 0 bridgehead atoms. The van der Waals surface area contributed by atoms with Crippen LogP contribution in [0, 0.1) is 5.92 Å². The molecule has 172 valence electrons. The lowest BCUT2D eigenvalue weighted by molar-refractivity contribution is -0.138. The van der Waals surface area contributed by atoms with Gasteiger partial charge in [-0.1, -0.05) is 12.8 Å². The van der Waals surface area contributed by atoms with Gasteiger partial charge in [0.15, 0.2) is 5.76 Å². The molecule has 31 heavy (non-hydrogen) atoms. The first-order valence-corrected chi connectivity index (χ1v) is 12.2. The van der Waals surface area contributed by atoms with Gasteiger partial charge in [-0.25, -0.2) is 0 Å². The van der Waals surface area contributed by atoms with Crippen LogP contribution in [0.5, 0.6) is 0 Å². The van der Waals surface area contributed by atoms with E-state index >= 15 is 0 Å². The smallest absolute Gasteiger partial charge is 0.289 e. The van der Waals surface area contributed by atoms with Crippen molar-refractivity contribution in [1.29, 1.82) is 0 Å². The van der Waals surface area contributed by atoms with Crippen LogP contribution in [0.2, 0.25) is 0 Å². The van der Waals surface area contributed by atoms with Gasteiger partial charge in [-0.05, 0) is 76.8 Å². The number of amides is 2. The van der Waals surface area contributed by atoms with Crippen LogP contribution in [0.4, 0.5) is 0 Å². The van der Waals surface area contributed by atoms with Crippen molar-refractivity contribution in [2.75, 3.05) is 58.9 Å². The summed E-state index contributed by atoms with van der Waals surface area (Å²) in [6.07, 6.45) is 9.39. The zero-order chi connectivity index (χ0) is 21.6.